The van der Waals surface area contributed by atoms with Gasteiger partial charge in [0.15, 0.2) is 5.11 Å². The van der Waals surface area contributed by atoms with Crippen LogP contribution in [0.1, 0.15) is 18.5 Å². The van der Waals surface area contributed by atoms with Gasteiger partial charge in [-0.25, -0.2) is 0 Å². The van der Waals surface area contributed by atoms with Gasteiger partial charge in [-0.05, 0) is 36.8 Å². The molecule has 0 aliphatic rings. The lowest BCUT2D eigenvalue weighted by molar-refractivity contribution is 0.455. The van der Waals surface area contributed by atoms with Crippen molar-refractivity contribution < 1.29 is 10.2 Å². The smallest absolute Gasteiger partial charge is 0.171 e. The number of rotatable bonds is 3. The molecule has 0 unspecified atom stereocenters. The Hall–Kier alpha value is -2.27. The molecule has 1 atom stereocenters. The van der Waals surface area contributed by atoms with Crippen LogP contribution >= 0.6 is 12.2 Å². The SMILES string of the molecule is C[C@@H](NC(=S)Nc1c(O)cccc1O)c1ccccc1. The fraction of sp³-hybridized carbons (Fsp3) is 0.133. The Morgan fingerprint density at radius 3 is 2.20 bits per heavy atom. The van der Waals surface area contributed by atoms with Gasteiger partial charge in [-0.15, -0.1) is 0 Å². The number of hydrogen-bond acceptors (Lipinski definition) is 3. The van der Waals surface area contributed by atoms with E-state index in [2.05, 4.69) is 10.6 Å². The number of aromatic hydroxyl groups is 2. The number of nitrogens with one attached hydrogen (secondary N) is 2. The number of thiocarbonyl (C=S) groups is 1. The van der Waals surface area contributed by atoms with Crippen LogP contribution in [-0.4, -0.2) is 15.3 Å². The van der Waals surface area contributed by atoms with Crippen LogP contribution in [0, 0.1) is 0 Å². The van der Waals surface area contributed by atoms with Crippen molar-refractivity contribution in [3.8, 4) is 11.5 Å². The van der Waals surface area contributed by atoms with E-state index in [0.29, 0.717) is 5.11 Å². The van der Waals surface area contributed by atoms with E-state index in [1.807, 2.05) is 37.3 Å². The minimum atomic E-state index is -0.0542. The lowest BCUT2D eigenvalue weighted by atomic mass is 10.1. The molecule has 104 valence electrons. The molecule has 0 aromatic heterocycles. The average molecular weight is 288 g/mol. The molecule has 20 heavy (non-hydrogen) atoms. The van der Waals surface area contributed by atoms with Gasteiger partial charge in [-0.2, -0.15) is 0 Å². The van der Waals surface area contributed by atoms with Crippen molar-refractivity contribution in [1.82, 2.24) is 5.32 Å². The van der Waals surface area contributed by atoms with Crippen molar-refractivity contribution in [1.29, 1.82) is 0 Å². The van der Waals surface area contributed by atoms with Crippen LogP contribution in [-0.2, 0) is 0 Å². The number of hydrogen-bond donors (Lipinski definition) is 4. The number of para-hydroxylation sites is 1. The highest BCUT2D eigenvalue weighted by Gasteiger charge is 2.11. The second-order valence-corrected chi connectivity index (χ2v) is 4.81. The molecular weight excluding hydrogens is 272 g/mol. The van der Waals surface area contributed by atoms with Crippen LogP contribution in [0.15, 0.2) is 48.5 Å². The lowest BCUT2D eigenvalue weighted by Crippen LogP contribution is -2.30. The summed E-state index contributed by atoms with van der Waals surface area (Å²) >= 11 is 5.19. The van der Waals surface area contributed by atoms with Gasteiger partial charge in [-0.1, -0.05) is 36.4 Å². The topological polar surface area (TPSA) is 64.5 Å². The summed E-state index contributed by atoms with van der Waals surface area (Å²) < 4.78 is 0. The maximum Gasteiger partial charge on any atom is 0.171 e. The maximum atomic E-state index is 9.68. The third kappa shape index (κ3) is 3.39. The molecule has 0 bridgehead atoms. The van der Waals surface area contributed by atoms with Crippen LogP contribution in [0.2, 0.25) is 0 Å². The van der Waals surface area contributed by atoms with Crippen molar-refractivity contribution in [2.24, 2.45) is 0 Å². The standard InChI is InChI=1S/C15H16N2O2S/c1-10(11-6-3-2-4-7-11)16-15(20)17-14-12(18)8-5-9-13(14)19/h2-10,18-19H,1H3,(H2,16,17,20)/t10-/m1/s1. The Morgan fingerprint density at radius 2 is 1.60 bits per heavy atom. The molecule has 2 aromatic carbocycles. The first-order valence-electron chi connectivity index (χ1n) is 6.21. The summed E-state index contributed by atoms with van der Waals surface area (Å²) in [6.45, 7) is 1.98. The molecule has 0 saturated heterocycles. The van der Waals surface area contributed by atoms with Crippen molar-refractivity contribution in [2.45, 2.75) is 13.0 Å². The van der Waals surface area contributed by atoms with E-state index >= 15 is 0 Å². The fourth-order valence-electron chi connectivity index (χ4n) is 1.83. The molecule has 0 saturated carbocycles. The van der Waals surface area contributed by atoms with Crippen molar-refractivity contribution in [3.63, 3.8) is 0 Å². The fourth-order valence-corrected chi connectivity index (χ4v) is 2.11. The largest absolute Gasteiger partial charge is 0.506 e. The number of phenols is 2. The Labute approximate surface area is 123 Å². The molecule has 0 heterocycles. The maximum absolute atomic E-state index is 9.68. The zero-order valence-electron chi connectivity index (χ0n) is 11.0. The monoisotopic (exact) mass is 288 g/mol. The van der Waals surface area contributed by atoms with Crippen LogP contribution in [0.4, 0.5) is 5.69 Å². The summed E-state index contributed by atoms with van der Waals surface area (Å²) in [5, 5.41) is 25.6. The Kier molecular flexibility index (Phi) is 4.42. The molecule has 0 aliphatic carbocycles. The minimum absolute atomic E-state index is 0.0178. The third-order valence-electron chi connectivity index (χ3n) is 2.91. The van der Waals surface area contributed by atoms with Crippen LogP contribution < -0.4 is 10.6 Å². The number of phenolic OH excluding ortho intramolecular Hbond substituents is 2. The second-order valence-electron chi connectivity index (χ2n) is 4.40. The molecule has 5 heteroatoms. The predicted octanol–water partition coefficient (Wildman–Crippen LogP) is 3.15. The third-order valence-corrected chi connectivity index (χ3v) is 3.13. The molecular formula is C15H16N2O2S. The molecule has 4 nitrogen and oxygen atoms in total. The van der Waals surface area contributed by atoms with Gasteiger partial charge < -0.3 is 20.8 Å². The summed E-state index contributed by atoms with van der Waals surface area (Å²) in [4.78, 5) is 0. The molecule has 2 rings (SSSR count). The van der Waals surface area contributed by atoms with Gasteiger partial charge in [0.1, 0.15) is 17.2 Å². The van der Waals surface area contributed by atoms with Gasteiger partial charge in [-0.3, -0.25) is 0 Å². The lowest BCUT2D eigenvalue weighted by Gasteiger charge is -2.18. The Morgan fingerprint density at radius 1 is 1.00 bits per heavy atom. The van der Waals surface area contributed by atoms with E-state index in [-0.39, 0.29) is 23.2 Å². The number of benzene rings is 2. The van der Waals surface area contributed by atoms with Gasteiger partial charge in [0.25, 0.3) is 0 Å². The number of anilines is 1. The van der Waals surface area contributed by atoms with Crippen LogP contribution in [0.3, 0.4) is 0 Å². The highest BCUT2D eigenvalue weighted by atomic mass is 32.1. The molecule has 0 amide bonds. The second kappa shape index (κ2) is 6.25. The van der Waals surface area contributed by atoms with E-state index in [1.165, 1.54) is 12.1 Å². The van der Waals surface area contributed by atoms with E-state index in [9.17, 15) is 10.2 Å². The first kappa shape index (κ1) is 14.1. The quantitative estimate of drug-likeness (QED) is 0.516. The first-order chi connectivity index (χ1) is 9.58. The van der Waals surface area contributed by atoms with E-state index in [4.69, 9.17) is 12.2 Å². The minimum Gasteiger partial charge on any atom is -0.506 e. The highest BCUT2D eigenvalue weighted by molar-refractivity contribution is 7.80. The van der Waals surface area contributed by atoms with E-state index < -0.39 is 0 Å². The predicted molar refractivity (Wildman–Crippen MR) is 84.0 cm³/mol. The van der Waals surface area contributed by atoms with E-state index in [1.54, 1.807) is 6.07 Å². The van der Waals surface area contributed by atoms with Gasteiger partial charge in [0.2, 0.25) is 0 Å². The molecule has 0 radical (unpaired) electrons. The molecule has 0 fully saturated rings. The zero-order valence-corrected chi connectivity index (χ0v) is 11.8. The first-order valence-corrected chi connectivity index (χ1v) is 6.62. The normalized spacial score (nSPS) is 11.7. The van der Waals surface area contributed by atoms with Crippen LogP contribution in [0.5, 0.6) is 11.5 Å². The Bertz CT molecular complexity index is 582. The molecule has 0 aliphatic heterocycles. The van der Waals surface area contributed by atoms with Gasteiger partial charge >= 0.3 is 0 Å². The summed E-state index contributed by atoms with van der Waals surface area (Å²) in [5.41, 5.74) is 1.29. The van der Waals surface area contributed by atoms with Gasteiger partial charge in [0, 0.05) is 0 Å². The van der Waals surface area contributed by atoms with Crippen molar-refractivity contribution >= 4 is 23.0 Å². The summed E-state index contributed by atoms with van der Waals surface area (Å²) in [6.07, 6.45) is 0. The zero-order chi connectivity index (χ0) is 14.5. The summed E-state index contributed by atoms with van der Waals surface area (Å²) in [5.74, 6) is -0.108. The van der Waals surface area contributed by atoms with Crippen molar-refractivity contribution in [2.75, 3.05) is 5.32 Å². The molecule has 2 aromatic rings. The van der Waals surface area contributed by atoms with Crippen LogP contribution in [0.25, 0.3) is 0 Å². The molecule has 4 N–H and O–H groups in total. The average Bonchev–Trinajstić information content (AvgIpc) is 2.44. The van der Waals surface area contributed by atoms with Crippen molar-refractivity contribution in [3.05, 3.63) is 54.1 Å². The summed E-state index contributed by atoms with van der Waals surface area (Å²) in [6, 6.07) is 14.4. The molecule has 0 spiro atoms. The van der Waals surface area contributed by atoms with E-state index in [0.717, 1.165) is 5.56 Å². The highest BCUT2D eigenvalue weighted by Crippen LogP contribution is 2.32. The summed E-state index contributed by atoms with van der Waals surface area (Å²) in [7, 11) is 0. The van der Waals surface area contributed by atoms with Gasteiger partial charge in [0.05, 0.1) is 6.04 Å². The Balaban J connectivity index is 2.03.